The van der Waals surface area contributed by atoms with Crippen LogP contribution >= 0.6 is 0 Å². The van der Waals surface area contributed by atoms with E-state index in [1.165, 1.54) is 12.8 Å². The van der Waals surface area contributed by atoms with Gasteiger partial charge in [-0.3, -0.25) is 0 Å². The van der Waals surface area contributed by atoms with Gasteiger partial charge in [0.05, 0.1) is 0 Å². The van der Waals surface area contributed by atoms with E-state index in [1.54, 1.807) is 0 Å². The van der Waals surface area contributed by atoms with Crippen LogP contribution in [0, 0.1) is 11.3 Å². The molecule has 1 saturated heterocycles. The summed E-state index contributed by atoms with van der Waals surface area (Å²) in [4.78, 5) is 13.9. The lowest BCUT2D eigenvalue weighted by Gasteiger charge is -2.36. The molecule has 1 rings (SSSR count). The maximum absolute atomic E-state index is 12.0. The van der Waals surface area contributed by atoms with E-state index in [1.807, 2.05) is 25.7 Å². The van der Waals surface area contributed by atoms with E-state index in [0.717, 1.165) is 19.5 Å². The first-order chi connectivity index (χ1) is 8.07. The molecule has 0 aliphatic carbocycles. The van der Waals surface area contributed by atoms with Crippen molar-refractivity contribution in [1.29, 1.82) is 0 Å². The molecular weight excluding hydrogens is 226 g/mol. The van der Waals surface area contributed by atoms with Crippen molar-refractivity contribution >= 4 is 6.09 Å². The normalized spacial score (nSPS) is 21.9. The Morgan fingerprint density at radius 1 is 1.22 bits per heavy atom. The van der Waals surface area contributed by atoms with Gasteiger partial charge in [0, 0.05) is 13.1 Å². The first-order valence-electron chi connectivity index (χ1n) is 7.05. The Kier molecular flexibility index (Phi) is 4.68. The molecule has 106 valence electrons. The summed E-state index contributed by atoms with van der Waals surface area (Å²) in [5, 5.41) is 0. The molecule has 0 aromatic carbocycles. The zero-order chi connectivity index (χ0) is 14.0. The maximum Gasteiger partial charge on any atom is 0.410 e. The summed E-state index contributed by atoms with van der Waals surface area (Å²) in [5.41, 5.74) is -0.0599. The second-order valence-electron chi connectivity index (χ2n) is 7.70. The Morgan fingerprint density at radius 2 is 1.83 bits per heavy atom. The van der Waals surface area contributed by atoms with Gasteiger partial charge in [-0.1, -0.05) is 20.8 Å². The van der Waals surface area contributed by atoms with Gasteiger partial charge < -0.3 is 9.64 Å². The van der Waals surface area contributed by atoms with E-state index in [4.69, 9.17) is 4.74 Å². The summed E-state index contributed by atoms with van der Waals surface area (Å²) in [6, 6.07) is 0. The minimum absolute atomic E-state index is 0.152. The topological polar surface area (TPSA) is 29.5 Å². The van der Waals surface area contributed by atoms with Crippen molar-refractivity contribution in [2.75, 3.05) is 13.1 Å². The number of carbonyl (C=O) groups is 1. The van der Waals surface area contributed by atoms with Crippen molar-refractivity contribution < 1.29 is 9.53 Å². The molecule has 1 unspecified atom stereocenters. The van der Waals surface area contributed by atoms with Gasteiger partial charge in [-0.2, -0.15) is 0 Å². The Morgan fingerprint density at radius 3 is 2.33 bits per heavy atom. The van der Waals surface area contributed by atoms with Crippen LogP contribution in [0.4, 0.5) is 4.79 Å². The summed E-state index contributed by atoms with van der Waals surface area (Å²) >= 11 is 0. The molecule has 0 radical (unpaired) electrons. The molecule has 1 fully saturated rings. The van der Waals surface area contributed by atoms with Crippen LogP contribution in [0.15, 0.2) is 0 Å². The van der Waals surface area contributed by atoms with Gasteiger partial charge >= 0.3 is 6.09 Å². The standard InChI is InChI=1S/C15H29NO2/c1-14(2,3)10-12-8-7-9-16(11-12)13(17)18-15(4,5)6/h12H,7-11H2,1-6H3. The highest BCUT2D eigenvalue weighted by Crippen LogP contribution is 2.30. The van der Waals surface area contributed by atoms with Gasteiger partial charge in [0.2, 0.25) is 0 Å². The highest BCUT2D eigenvalue weighted by molar-refractivity contribution is 5.68. The number of piperidine rings is 1. The maximum atomic E-state index is 12.0. The molecule has 0 bridgehead atoms. The predicted molar refractivity (Wildman–Crippen MR) is 74.6 cm³/mol. The van der Waals surface area contributed by atoms with Crippen molar-refractivity contribution in [1.82, 2.24) is 4.90 Å². The fourth-order valence-corrected chi connectivity index (χ4v) is 2.59. The second-order valence-corrected chi connectivity index (χ2v) is 7.70. The third kappa shape index (κ3) is 5.74. The minimum Gasteiger partial charge on any atom is -0.444 e. The van der Waals surface area contributed by atoms with Gasteiger partial charge in [-0.05, 0) is 51.4 Å². The quantitative estimate of drug-likeness (QED) is 0.707. The van der Waals surface area contributed by atoms with Crippen LogP contribution in [-0.2, 0) is 4.74 Å². The Hall–Kier alpha value is -0.730. The van der Waals surface area contributed by atoms with Crippen molar-refractivity contribution in [3.63, 3.8) is 0 Å². The molecule has 3 nitrogen and oxygen atoms in total. The van der Waals surface area contributed by atoms with E-state index in [2.05, 4.69) is 20.8 Å². The smallest absolute Gasteiger partial charge is 0.410 e. The highest BCUT2D eigenvalue weighted by Gasteiger charge is 2.29. The predicted octanol–water partition coefficient (Wildman–Crippen LogP) is 4.07. The summed E-state index contributed by atoms with van der Waals surface area (Å²) < 4.78 is 5.44. The molecule has 0 saturated carbocycles. The largest absolute Gasteiger partial charge is 0.444 e. The Bertz CT molecular complexity index is 286. The fourth-order valence-electron chi connectivity index (χ4n) is 2.59. The van der Waals surface area contributed by atoms with E-state index in [9.17, 15) is 4.79 Å². The monoisotopic (exact) mass is 255 g/mol. The molecule has 1 aliphatic heterocycles. The number of carbonyl (C=O) groups excluding carboxylic acids is 1. The first-order valence-corrected chi connectivity index (χ1v) is 7.05. The number of hydrogen-bond acceptors (Lipinski definition) is 2. The van der Waals surface area contributed by atoms with Crippen LogP contribution < -0.4 is 0 Å². The van der Waals surface area contributed by atoms with Gasteiger partial charge in [0.15, 0.2) is 0 Å². The van der Waals surface area contributed by atoms with Crippen molar-refractivity contribution in [3.05, 3.63) is 0 Å². The Balaban J connectivity index is 2.51. The number of ether oxygens (including phenoxy) is 1. The fraction of sp³-hybridized carbons (Fsp3) is 0.933. The number of nitrogens with zero attached hydrogens (tertiary/aromatic N) is 1. The molecular formula is C15H29NO2. The zero-order valence-corrected chi connectivity index (χ0v) is 12.9. The zero-order valence-electron chi connectivity index (χ0n) is 12.9. The van der Waals surface area contributed by atoms with Crippen LogP contribution in [0.25, 0.3) is 0 Å². The SMILES string of the molecule is CC(C)(C)CC1CCCN(C(=O)OC(C)(C)C)C1. The van der Waals surface area contributed by atoms with Gasteiger partial charge in [-0.15, -0.1) is 0 Å². The van der Waals surface area contributed by atoms with E-state index in [0.29, 0.717) is 11.3 Å². The van der Waals surface area contributed by atoms with Crippen molar-refractivity contribution in [3.8, 4) is 0 Å². The number of likely N-dealkylation sites (tertiary alicyclic amines) is 1. The van der Waals surface area contributed by atoms with Crippen molar-refractivity contribution in [2.24, 2.45) is 11.3 Å². The van der Waals surface area contributed by atoms with E-state index in [-0.39, 0.29) is 6.09 Å². The summed E-state index contributed by atoms with van der Waals surface area (Å²) in [6.45, 7) is 14.2. The third-order valence-electron chi connectivity index (χ3n) is 3.07. The lowest BCUT2D eigenvalue weighted by Crippen LogP contribution is -2.43. The minimum atomic E-state index is -0.395. The molecule has 1 amide bonds. The van der Waals surface area contributed by atoms with Crippen LogP contribution in [0.5, 0.6) is 0 Å². The number of rotatable bonds is 1. The summed E-state index contributed by atoms with van der Waals surface area (Å²) in [7, 11) is 0. The number of amides is 1. The van der Waals surface area contributed by atoms with E-state index < -0.39 is 5.60 Å². The number of hydrogen-bond donors (Lipinski definition) is 0. The molecule has 0 spiro atoms. The van der Waals surface area contributed by atoms with Crippen LogP contribution in [-0.4, -0.2) is 29.7 Å². The van der Waals surface area contributed by atoms with Gasteiger partial charge in [0.1, 0.15) is 5.60 Å². The van der Waals surface area contributed by atoms with Gasteiger partial charge in [0.25, 0.3) is 0 Å². The average molecular weight is 255 g/mol. The molecule has 0 N–H and O–H groups in total. The summed E-state index contributed by atoms with van der Waals surface area (Å²) in [5.74, 6) is 0.617. The third-order valence-corrected chi connectivity index (χ3v) is 3.07. The first kappa shape index (κ1) is 15.3. The molecule has 0 aromatic heterocycles. The molecule has 18 heavy (non-hydrogen) atoms. The Labute approximate surface area is 112 Å². The lowest BCUT2D eigenvalue weighted by molar-refractivity contribution is 0.0143. The van der Waals surface area contributed by atoms with Crippen LogP contribution in [0.1, 0.15) is 60.8 Å². The van der Waals surface area contributed by atoms with Crippen molar-refractivity contribution in [2.45, 2.75) is 66.4 Å². The lowest BCUT2D eigenvalue weighted by atomic mass is 9.81. The molecule has 0 aromatic rings. The van der Waals surface area contributed by atoms with Crippen LogP contribution in [0.3, 0.4) is 0 Å². The average Bonchev–Trinajstić information content (AvgIpc) is 2.12. The molecule has 1 heterocycles. The van der Waals surface area contributed by atoms with Crippen LogP contribution in [0.2, 0.25) is 0 Å². The highest BCUT2D eigenvalue weighted by atomic mass is 16.6. The summed E-state index contributed by atoms with van der Waals surface area (Å²) in [6.07, 6.45) is 3.35. The molecule has 3 heteroatoms. The molecule has 1 aliphatic rings. The van der Waals surface area contributed by atoms with E-state index >= 15 is 0 Å². The van der Waals surface area contributed by atoms with Gasteiger partial charge in [-0.25, -0.2) is 4.79 Å². The second kappa shape index (κ2) is 5.50. The molecule has 1 atom stereocenters.